The lowest BCUT2D eigenvalue weighted by Crippen LogP contribution is -2.46. The van der Waals surface area contributed by atoms with E-state index >= 15 is 0 Å². The Balaban J connectivity index is 3.39. The molecule has 0 radical (unpaired) electrons. The number of rotatable bonds is 7. The van der Waals surface area contributed by atoms with Gasteiger partial charge in [0.1, 0.15) is 0 Å². The summed E-state index contributed by atoms with van der Waals surface area (Å²) in [4.78, 5) is 0. The van der Waals surface area contributed by atoms with Crippen LogP contribution in [0.2, 0.25) is 25.7 Å². The van der Waals surface area contributed by atoms with Gasteiger partial charge in [0, 0.05) is 26.8 Å². The average Bonchev–Trinajstić information content (AvgIpc) is 2.01. The van der Waals surface area contributed by atoms with Crippen molar-refractivity contribution in [3.8, 4) is 0 Å². The van der Waals surface area contributed by atoms with Gasteiger partial charge in [-0.1, -0.05) is 19.6 Å². The second-order valence-electron chi connectivity index (χ2n) is 5.63. The minimum atomic E-state index is -0.939. The summed E-state index contributed by atoms with van der Waals surface area (Å²) in [5, 5.41) is 3.26. The van der Waals surface area contributed by atoms with Crippen molar-refractivity contribution in [2.24, 2.45) is 5.73 Å². The van der Waals surface area contributed by atoms with Crippen molar-refractivity contribution in [1.82, 2.24) is 5.32 Å². The second-order valence-corrected chi connectivity index (χ2v) is 11.2. The summed E-state index contributed by atoms with van der Waals surface area (Å²) in [6.07, 6.45) is 0. The lowest BCUT2D eigenvalue weighted by Gasteiger charge is -2.24. The van der Waals surface area contributed by atoms with E-state index in [1.165, 1.54) is 6.04 Å². The smallest absolute Gasteiger partial charge is 0.0969 e. The summed E-state index contributed by atoms with van der Waals surface area (Å²) in [6.45, 7) is 13.3. The van der Waals surface area contributed by atoms with Gasteiger partial charge in [0.25, 0.3) is 0 Å². The van der Waals surface area contributed by atoms with E-state index in [0.29, 0.717) is 13.3 Å². The Kier molecular flexibility index (Phi) is 5.89. The first-order valence-electron chi connectivity index (χ1n) is 5.30. The van der Waals surface area contributed by atoms with E-state index in [1.54, 1.807) is 0 Å². The lowest BCUT2D eigenvalue weighted by atomic mass is 10.1. The Bertz CT molecular complexity index is 155. The molecule has 0 atom stereocenters. The summed E-state index contributed by atoms with van der Waals surface area (Å²) >= 11 is 0. The van der Waals surface area contributed by atoms with E-state index in [2.05, 4.69) is 38.8 Å². The molecule has 86 valence electrons. The highest BCUT2D eigenvalue weighted by molar-refractivity contribution is 6.76. The highest BCUT2D eigenvalue weighted by Gasteiger charge is 2.14. The molecule has 0 aromatic heterocycles. The van der Waals surface area contributed by atoms with Crippen LogP contribution in [0.5, 0.6) is 0 Å². The first-order chi connectivity index (χ1) is 6.27. The largest absolute Gasteiger partial charge is 0.367 e. The van der Waals surface area contributed by atoms with E-state index in [9.17, 15) is 0 Å². The predicted molar refractivity (Wildman–Crippen MR) is 65.2 cm³/mol. The van der Waals surface area contributed by atoms with Crippen molar-refractivity contribution in [3.05, 3.63) is 0 Å². The van der Waals surface area contributed by atoms with Gasteiger partial charge >= 0.3 is 0 Å². The van der Waals surface area contributed by atoms with Crippen LogP contribution in [-0.2, 0) is 4.74 Å². The number of nitrogens with two attached hydrogens (primary N) is 1. The van der Waals surface area contributed by atoms with Crippen LogP contribution in [0.25, 0.3) is 0 Å². The summed E-state index contributed by atoms with van der Waals surface area (Å²) in [6, 6.07) is 1.22. The number of hydrogen-bond donors (Lipinski definition) is 2. The SMILES string of the molecule is CC(C)(CN)NCOCC[Si](C)(C)C. The maximum Gasteiger partial charge on any atom is 0.0969 e. The summed E-state index contributed by atoms with van der Waals surface area (Å²) < 4.78 is 5.52. The fraction of sp³-hybridized carbons (Fsp3) is 1.00. The molecule has 0 bridgehead atoms. The molecule has 0 spiro atoms. The van der Waals surface area contributed by atoms with E-state index in [1.807, 2.05) is 0 Å². The molecule has 0 rings (SSSR count). The highest BCUT2D eigenvalue weighted by atomic mass is 28.3. The van der Waals surface area contributed by atoms with Crippen LogP contribution in [-0.4, -0.2) is 33.5 Å². The minimum Gasteiger partial charge on any atom is -0.367 e. The van der Waals surface area contributed by atoms with E-state index in [-0.39, 0.29) is 5.54 Å². The molecule has 0 aliphatic rings. The Hall–Kier alpha value is 0.0969. The maximum absolute atomic E-state index is 5.58. The van der Waals surface area contributed by atoms with Crippen LogP contribution in [0.1, 0.15) is 13.8 Å². The number of nitrogens with one attached hydrogen (secondary N) is 1. The van der Waals surface area contributed by atoms with Gasteiger partial charge in [0.2, 0.25) is 0 Å². The van der Waals surface area contributed by atoms with Crippen LogP contribution in [0.3, 0.4) is 0 Å². The molecule has 0 fully saturated rings. The Morgan fingerprint density at radius 3 is 2.29 bits per heavy atom. The van der Waals surface area contributed by atoms with E-state index in [4.69, 9.17) is 10.5 Å². The fourth-order valence-corrected chi connectivity index (χ4v) is 1.53. The summed E-state index contributed by atoms with van der Waals surface area (Å²) in [5.74, 6) is 0. The topological polar surface area (TPSA) is 47.3 Å². The normalized spacial score (nSPS) is 13.3. The molecule has 0 unspecified atom stereocenters. The van der Waals surface area contributed by atoms with Gasteiger partial charge in [-0.15, -0.1) is 0 Å². The van der Waals surface area contributed by atoms with Gasteiger partial charge in [-0.3, -0.25) is 5.32 Å². The van der Waals surface area contributed by atoms with Gasteiger partial charge < -0.3 is 10.5 Å². The van der Waals surface area contributed by atoms with Gasteiger partial charge in [-0.05, 0) is 19.9 Å². The van der Waals surface area contributed by atoms with Gasteiger partial charge in [-0.25, -0.2) is 0 Å². The lowest BCUT2D eigenvalue weighted by molar-refractivity contribution is 0.107. The zero-order valence-electron chi connectivity index (χ0n) is 10.3. The number of hydrogen-bond acceptors (Lipinski definition) is 3. The van der Waals surface area contributed by atoms with Gasteiger partial charge in [-0.2, -0.15) is 0 Å². The number of ether oxygens (including phenoxy) is 1. The van der Waals surface area contributed by atoms with Crippen molar-refractivity contribution in [1.29, 1.82) is 0 Å². The molecule has 0 aliphatic carbocycles. The quantitative estimate of drug-likeness (QED) is 0.388. The zero-order chi connectivity index (χ0) is 11.2. The highest BCUT2D eigenvalue weighted by Crippen LogP contribution is 2.07. The van der Waals surface area contributed by atoms with E-state index < -0.39 is 8.07 Å². The van der Waals surface area contributed by atoms with Crippen molar-refractivity contribution >= 4 is 8.07 Å². The third-order valence-corrected chi connectivity index (χ3v) is 3.86. The molecule has 0 saturated heterocycles. The molecular formula is C10H26N2OSi. The minimum absolute atomic E-state index is 0.0147. The Labute approximate surface area is 89.4 Å². The van der Waals surface area contributed by atoms with Crippen LogP contribution < -0.4 is 11.1 Å². The van der Waals surface area contributed by atoms with Crippen LogP contribution >= 0.6 is 0 Å². The summed E-state index contributed by atoms with van der Waals surface area (Å²) in [7, 11) is -0.939. The van der Waals surface area contributed by atoms with Crippen LogP contribution in [0.15, 0.2) is 0 Å². The van der Waals surface area contributed by atoms with Crippen molar-refractivity contribution in [2.75, 3.05) is 19.9 Å². The summed E-state index contributed by atoms with van der Waals surface area (Å²) in [5.41, 5.74) is 5.56. The molecule has 0 heterocycles. The third-order valence-electron chi connectivity index (χ3n) is 2.16. The van der Waals surface area contributed by atoms with Crippen LogP contribution in [0, 0.1) is 0 Å². The third kappa shape index (κ3) is 8.68. The molecule has 0 aromatic carbocycles. The second kappa shape index (κ2) is 5.85. The maximum atomic E-state index is 5.58. The molecule has 3 nitrogen and oxygen atoms in total. The van der Waals surface area contributed by atoms with E-state index in [0.717, 1.165) is 6.61 Å². The molecule has 4 heteroatoms. The zero-order valence-corrected chi connectivity index (χ0v) is 11.3. The Morgan fingerprint density at radius 2 is 1.86 bits per heavy atom. The van der Waals surface area contributed by atoms with Crippen molar-refractivity contribution in [3.63, 3.8) is 0 Å². The first kappa shape index (κ1) is 14.1. The average molecular weight is 218 g/mol. The molecule has 3 N–H and O–H groups in total. The molecule has 0 aliphatic heterocycles. The monoisotopic (exact) mass is 218 g/mol. The molecule has 0 saturated carbocycles. The van der Waals surface area contributed by atoms with Crippen molar-refractivity contribution in [2.45, 2.75) is 45.1 Å². The molecule has 0 amide bonds. The van der Waals surface area contributed by atoms with Gasteiger partial charge in [0.05, 0.1) is 6.73 Å². The van der Waals surface area contributed by atoms with Gasteiger partial charge in [0.15, 0.2) is 0 Å². The molecule has 0 aromatic rings. The standard InChI is InChI=1S/C10H26N2OSi/c1-10(2,8-11)12-9-13-6-7-14(3,4)5/h12H,6-9,11H2,1-5H3. The first-order valence-corrected chi connectivity index (χ1v) is 9.00. The van der Waals surface area contributed by atoms with Crippen molar-refractivity contribution < 1.29 is 4.74 Å². The predicted octanol–water partition coefficient (Wildman–Crippen LogP) is 1.63. The van der Waals surface area contributed by atoms with Crippen LogP contribution in [0.4, 0.5) is 0 Å². The molecule has 14 heavy (non-hydrogen) atoms. The molecular weight excluding hydrogens is 192 g/mol. The fourth-order valence-electron chi connectivity index (χ4n) is 0.769. The Morgan fingerprint density at radius 1 is 1.29 bits per heavy atom.